The number of methoxy groups -OCH3 is 4. The number of aromatic hydroxyl groups is 2. The molecular formula is C27H27NO7. The Morgan fingerprint density at radius 3 is 1.94 bits per heavy atom. The zero-order valence-electron chi connectivity index (χ0n) is 19.9. The maximum Gasteiger partial charge on any atom is 0.248 e. The highest BCUT2D eigenvalue weighted by Crippen LogP contribution is 2.40. The van der Waals surface area contributed by atoms with Crippen LogP contribution in [-0.2, 0) is 4.79 Å². The lowest BCUT2D eigenvalue weighted by Crippen LogP contribution is -2.10. The number of carbonyl (C=O) groups excluding carboxylic acids is 1. The number of anilines is 1. The quantitative estimate of drug-likeness (QED) is 0.296. The number of benzene rings is 3. The third-order valence-corrected chi connectivity index (χ3v) is 5.08. The van der Waals surface area contributed by atoms with Crippen LogP contribution >= 0.6 is 0 Å². The van der Waals surface area contributed by atoms with E-state index in [0.29, 0.717) is 28.5 Å². The molecule has 0 unspecified atom stereocenters. The third kappa shape index (κ3) is 6.05. The first-order chi connectivity index (χ1) is 16.9. The maximum atomic E-state index is 12.6. The van der Waals surface area contributed by atoms with E-state index in [1.807, 2.05) is 0 Å². The van der Waals surface area contributed by atoms with E-state index < -0.39 is 5.91 Å². The van der Waals surface area contributed by atoms with Crippen LogP contribution in [0, 0.1) is 0 Å². The Labute approximate surface area is 203 Å². The summed E-state index contributed by atoms with van der Waals surface area (Å²) in [5.41, 5.74) is 2.40. The van der Waals surface area contributed by atoms with Crippen molar-refractivity contribution in [2.75, 3.05) is 33.8 Å². The minimum absolute atomic E-state index is 0.116. The maximum absolute atomic E-state index is 12.6. The summed E-state index contributed by atoms with van der Waals surface area (Å²) < 4.78 is 21.5. The van der Waals surface area contributed by atoms with Crippen molar-refractivity contribution in [1.29, 1.82) is 0 Å². The van der Waals surface area contributed by atoms with Crippen LogP contribution in [0.1, 0.15) is 16.7 Å². The Kier molecular flexibility index (Phi) is 8.24. The van der Waals surface area contributed by atoms with Gasteiger partial charge in [-0.15, -0.1) is 0 Å². The summed E-state index contributed by atoms with van der Waals surface area (Å²) in [7, 11) is 6.01. The minimum Gasteiger partial charge on any atom is -0.508 e. The third-order valence-electron chi connectivity index (χ3n) is 5.08. The average Bonchev–Trinajstić information content (AvgIpc) is 2.87. The van der Waals surface area contributed by atoms with E-state index in [9.17, 15) is 15.0 Å². The second-order valence-corrected chi connectivity index (χ2v) is 7.29. The molecule has 0 aromatic heterocycles. The number of carbonyl (C=O) groups is 1. The van der Waals surface area contributed by atoms with Crippen LogP contribution in [0.5, 0.6) is 34.5 Å². The molecular weight excluding hydrogens is 450 g/mol. The molecule has 0 fully saturated rings. The van der Waals surface area contributed by atoms with Gasteiger partial charge in [0.25, 0.3) is 0 Å². The summed E-state index contributed by atoms with van der Waals surface area (Å²) in [4.78, 5) is 12.6. The Hall–Kier alpha value is -4.59. The van der Waals surface area contributed by atoms with E-state index in [1.54, 1.807) is 48.6 Å². The predicted octanol–water partition coefficient (Wildman–Crippen LogP) is 4.95. The van der Waals surface area contributed by atoms with Crippen molar-refractivity contribution in [3.63, 3.8) is 0 Å². The van der Waals surface area contributed by atoms with Crippen molar-refractivity contribution in [3.05, 3.63) is 71.3 Å². The van der Waals surface area contributed by atoms with Crippen LogP contribution in [0.2, 0.25) is 0 Å². The van der Waals surface area contributed by atoms with Crippen molar-refractivity contribution in [1.82, 2.24) is 0 Å². The second-order valence-electron chi connectivity index (χ2n) is 7.29. The van der Waals surface area contributed by atoms with Gasteiger partial charge in [-0.25, -0.2) is 0 Å². The molecule has 3 rings (SSSR count). The molecule has 0 radical (unpaired) electrons. The first-order valence-corrected chi connectivity index (χ1v) is 10.6. The largest absolute Gasteiger partial charge is 0.508 e. The van der Waals surface area contributed by atoms with Crippen molar-refractivity contribution in [3.8, 4) is 34.5 Å². The molecule has 8 heteroatoms. The van der Waals surface area contributed by atoms with Gasteiger partial charge >= 0.3 is 0 Å². The van der Waals surface area contributed by atoms with Gasteiger partial charge in [0.05, 0.1) is 34.1 Å². The summed E-state index contributed by atoms with van der Waals surface area (Å²) >= 11 is 0. The molecule has 0 atom stereocenters. The predicted molar refractivity (Wildman–Crippen MR) is 135 cm³/mol. The topological polar surface area (TPSA) is 106 Å². The molecule has 3 aromatic carbocycles. The van der Waals surface area contributed by atoms with Gasteiger partial charge in [0, 0.05) is 11.6 Å². The highest BCUT2D eigenvalue weighted by Gasteiger charge is 2.15. The summed E-state index contributed by atoms with van der Waals surface area (Å²) in [6.07, 6.45) is 6.53. The van der Waals surface area contributed by atoms with Crippen LogP contribution in [0.25, 0.3) is 18.2 Å². The van der Waals surface area contributed by atoms with E-state index in [0.717, 1.165) is 11.1 Å². The molecule has 1 amide bonds. The molecule has 0 saturated heterocycles. The Bertz CT molecular complexity index is 1220. The molecule has 0 spiro atoms. The van der Waals surface area contributed by atoms with Crippen LogP contribution in [-0.4, -0.2) is 44.6 Å². The normalized spacial score (nSPS) is 11.0. The van der Waals surface area contributed by atoms with E-state index in [4.69, 9.17) is 18.9 Å². The van der Waals surface area contributed by atoms with E-state index in [1.165, 1.54) is 52.7 Å². The fourth-order valence-corrected chi connectivity index (χ4v) is 3.37. The van der Waals surface area contributed by atoms with E-state index >= 15 is 0 Å². The Balaban J connectivity index is 1.93. The molecule has 0 heterocycles. The van der Waals surface area contributed by atoms with Gasteiger partial charge < -0.3 is 34.5 Å². The number of phenolic OH excluding ortho intramolecular Hbond substituents is 2. The summed E-state index contributed by atoms with van der Waals surface area (Å²) in [5.74, 6) is 1.21. The van der Waals surface area contributed by atoms with Crippen molar-refractivity contribution < 1.29 is 34.0 Å². The summed E-state index contributed by atoms with van der Waals surface area (Å²) in [6, 6.07) is 13.1. The summed E-state index contributed by atoms with van der Waals surface area (Å²) in [5, 5.41) is 22.4. The molecule has 8 nitrogen and oxygen atoms in total. The number of hydrogen-bond acceptors (Lipinski definition) is 7. The Morgan fingerprint density at radius 1 is 0.743 bits per heavy atom. The lowest BCUT2D eigenvalue weighted by molar-refractivity contribution is -0.111. The average molecular weight is 478 g/mol. The standard InChI is InChI=1S/C27H27NO7/c1-32-22-15-18(16-23(33-2)27(22)35-4)5-9-19-10-13-21(30)26(34-3)25(19)28-24(31)14-8-17-6-11-20(29)12-7-17/h5-16,29-30H,1-4H3,(H,28,31)/b9-5?,14-8+. The highest BCUT2D eigenvalue weighted by molar-refractivity contribution is 6.04. The number of ether oxygens (including phenoxy) is 4. The van der Waals surface area contributed by atoms with Gasteiger partial charge in [-0.1, -0.05) is 24.3 Å². The van der Waals surface area contributed by atoms with Crippen LogP contribution in [0.3, 0.4) is 0 Å². The lowest BCUT2D eigenvalue weighted by Gasteiger charge is -2.14. The van der Waals surface area contributed by atoms with Gasteiger partial charge in [0.2, 0.25) is 11.7 Å². The van der Waals surface area contributed by atoms with Gasteiger partial charge in [-0.05, 0) is 53.6 Å². The Morgan fingerprint density at radius 2 is 1.37 bits per heavy atom. The molecule has 35 heavy (non-hydrogen) atoms. The van der Waals surface area contributed by atoms with E-state index in [2.05, 4.69) is 5.32 Å². The minimum atomic E-state index is -0.426. The lowest BCUT2D eigenvalue weighted by atomic mass is 10.1. The molecule has 0 saturated carbocycles. The monoisotopic (exact) mass is 477 g/mol. The highest BCUT2D eigenvalue weighted by atomic mass is 16.5. The number of amides is 1. The zero-order chi connectivity index (χ0) is 25.4. The fraction of sp³-hybridized carbons (Fsp3) is 0.148. The first kappa shape index (κ1) is 25.0. The van der Waals surface area contributed by atoms with Crippen molar-refractivity contribution in [2.45, 2.75) is 0 Å². The van der Waals surface area contributed by atoms with Gasteiger partial charge in [0.15, 0.2) is 23.0 Å². The SMILES string of the molecule is COc1cc(C=Cc2ccc(O)c(OC)c2NC(=O)/C=C/c2ccc(O)cc2)cc(OC)c1OC. The van der Waals surface area contributed by atoms with Crippen LogP contribution in [0.15, 0.2) is 54.6 Å². The van der Waals surface area contributed by atoms with Crippen LogP contribution in [0.4, 0.5) is 5.69 Å². The van der Waals surface area contributed by atoms with E-state index in [-0.39, 0.29) is 17.2 Å². The number of rotatable bonds is 9. The van der Waals surface area contributed by atoms with Gasteiger partial charge in [0.1, 0.15) is 5.75 Å². The second kappa shape index (κ2) is 11.5. The first-order valence-electron chi connectivity index (χ1n) is 10.6. The molecule has 3 N–H and O–H groups in total. The molecule has 0 aliphatic heterocycles. The van der Waals surface area contributed by atoms with Crippen LogP contribution < -0.4 is 24.3 Å². The van der Waals surface area contributed by atoms with Gasteiger partial charge in [-0.2, -0.15) is 0 Å². The molecule has 0 aliphatic rings. The number of phenols is 2. The zero-order valence-corrected chi connectivity index (χ0v) is 19.9. The summed E-state index contributed by atoms with van der Waals surface area (Å²) in [6.45, 7) is 0. The van der Waals surface area contributed by atoms with Crippen molar-refractivity contribution >= 4 is 29.8 Å². The van der Waals surface area contributed by atoms with Crippen molar-refractivity contribution in [2.24, 2.45) is 0 Å². The number of hydrogen-bond donors (Lipinski definition) is 3. The fourth-order valence-electron chi connectivity index (χ4n) is 3.37. The smallest absolute Gasteiger partial charge is 0.248 e. The van der Waals surface area contributed by atoms with Gasteiger partial charge in [-0.3, -0.25) is 4.79 Å². The molecule has 182 valence electrons. The molecule has 3 aromatic rings. The molecule has 0 bridgehead atoms. The number of nitrogens with one attached hydrogen (secondary N) is 1. The molecule has 0 aliphatic carbocycles.